The van der Waals surface area contributed by atoms with Crippen molar-refractivity contribution in [1.29, 1.82) is 0 Å². The van der Waals surface area contributed by atoms with Crippen molar-refractivity contribution in [2.45, 2.75) is 39.7 Å². The van der Waals surface area contributed by atoms with Gasteiger partial charge in [0, 0.05) is 0 Å². The predicted molar refractivity (Wildman–Crippen MR) is 62.9 cm³/mol. The summed E-state index contributed by atoms with van der Waals surface area (Å²) in [4.78, 5) is 11.1. The average Bonchev–Trinajstić information content (AvgIpc) is 2.24. The van der Waals surface area contributed by atoms with Gasteiger partial charge < -0.3 is 9.84 Å². The third-order valence-corrected chi connectivity index (χ3v) is 3.02. The number of carboxylic acids is 1. The number of hydrogen-bond acceptors (Lipinski definition) is 2. The number of aliphatic carboxylic acids is 1. The zero-order valence-electron chi connectivity index (χ0n) is 10.2. The fourth-order valence-corrected chi connectivity index (χ4v) is 1.34. The van der Waals surface area contributed by atoms with Gasteiger partial charge in [-0.05, 0) is 44.4 Å². The van der Waals surface area contributed by atoms with Crippen molar-refractivity contribution in [3.8, 4) is 5.75 Å². The highest BCUT2D eigenvalue weighted by atomic mass is 16.5. The molecule has 0 saturated carbocycles. The molecule has 0 aliphatic rings. The minimum Gasteiger partial charge on any atom is -0.478 e. The molecule has 0 spiro atoms. The van der Waals surface area contributed by atoms with Crippen LogP contribution in [0.3, 0.4) is 0 Å². The Balaban J connectivity index is 3.04. The number of carboxylic acid groups (broad SMARTS) is 1. The standard InChI is InChI=1S/C13H18O3/c1-5-13(4,12(14)15)16-11-8-6-7-9(2)10(11)3/h6-8H,5H2,1-4H3,(H,14,15). The normalized spacial score (nSPS) is 14.2. The highest BCUT2D eigenvalue weighted by Gasteiger charge is 2.33. The van der Waals surface area contributed by atoms with Gasteiger partial charge in [0.1, 0.15) is 5.75 Å². The minimum absolute atomic E-state index is 0.426. The van der Waals surface area contributed by atoms with E-state index in [0.29, 0.717) is 12.2 Å². The Morgan fingerprint density at radius 2 is 2.06 bits per heavy atom. The third kappa shape index (κ3) is 2.35. The summed E-state index contributed by atoms with van der Waals surface area (Å²) in [5.41, 5.74) is 0.934. The van der Waals surface area contributed by atoms with Crippen molar-refractivity contribution < 1.29 is 14.6 Å². The highest BCUT2D eigenvalue weighted by Crippen LogP contribution is 2.26. The van der Waals surface area contributed by atoms with Gasteiger partial charge in [-0.3, -0.25) is 0 Å². The van der Waals surface area contributed by atoms with Crippen LogP contribution in [0, 0.1) is 13.8 Å². The second kappa shape index (κ2) is 4.56. The van der Waals surface area contributed by atoms with E-state index in [2.05, 4.69) is 0 Å². The number of hydrogen-bond donors (Lipinski definition) is 1. The molecule has 16 heavy (non-hydrogen) atoms. The van der Waals surface area contributed by atoms with Crippen molar-refractivity contribution in [2.24, 2.45) is 0 Å². The first kappa shape index (κ1) is 12.6. The summed E-state index contributed by atoms with van der Waals surface area (Å²) in [7, 11) is 0. The van der Waals surface area contributed by atoms with E-state index in [-0.39, 0.29) is 0 Å². The van der Waals surface area contributed by atoms with Gasteiger partial charge in [0.05, 0.1) is 0 Å². The Hall–Kier alpha value is -1.51. The minimum atomic E-state index is -1.15. The molecule has 1 rings (SSSR count). The second-order valence-electron chi connectivity index (χ2n) is 4.19. The molecule has 0 fully saturated rings. The van der Waals surface area contributed by atoms with Crippen LogP contribution >= 0.6 is 0 Å². The van der Waals surface area contributed by atoms with Crippen LogP contribution < -0.4 is 4.74 Å². The number of rotatable bonds is 4. The van der Waals surface area contributed by atoms with Crippen LogP contribution in [0.1, 0.15) is 31.4 Å². The molecule has 1 N–H and O–H groups in total. The number of ether oxygens (including phenoxy) is 1. The summed E-state index contributed by atoms with van der Waals surface area (Å²) < 4.78 is 5.62. The van der Waals surface area contributed by atoms with Gasteiger partial charge in [-0.25, -0.2) is 4.79 Å². The molecule has 1 atom stereocenters. The van der Waals surface area contributed by atoms with E-state index in [1.54, 1.807) is 19.9 Å². The maximum atomic E-state index is 11.1. The van der Waals surface area contributed by atoms with Crippen LogP contribution in [0.4, 0.5) is 0 Å². The largest absolute Gasteiger partial charge is 0.478 e. The van der Waals surface area contributed by atoms with Crippen LogP contribution in [0.5, 0.6) is 5.75 Å². The van der Waals surface area contributed by atoms with E-state index in [1.807, 2.05) is 26.0 Å². The molecular weight excluding hydrogens is 204 g/mol. The van der Waals surface area contributed by atoms with Crippen LogP contribution in [-0.2, 0) is 4.79 Å². The first-order valence-corrected chi connectivity index (χ1v) is 5.39. The summed E-state index contributed by atoms with van der Waals surface area (Å²) in [5, 5.41) is 9.13. The van der Waals surface area contributed by atoms with Crippen molar-refractivity contribution in [1.82, 2.24) is 0 Å². The summed E-state index contributed by atoms with van der Waals surface area (Å²) in [6, 6.07) is 5.65. The molecule has 0 aromatic heterocycles. The summed E-state index contributed by atoms with van der Waals surface area (Å²) in [6.45, 7) is 7.31. The SMILES string of the molecule is CCC(C)(Oc1cccc(C)c1C)C(=O)O. The van der Waals surface area contributed by atoms with E-state index in [0.717, 1.165) is 11.1 Å². The number of benzene rings is 1. The monoisotopic (exact) mass is 222 g/mol. The molecule has 0 amide bonds. The van der Waals surface area contributed by atoms with Crippen LogP contribution in [0.15, 0.2) is 18.2 Å². The first-order valence-electron chi connectivity index (χ1n) is 5.39. The van der Waals surface area contributed by atoms with Crippen molar-refractivity contribution in [3.05, 3.63) is 29.3 Å². The quantitative estimate of drug-likeness (QED) is 0.852. The predicted octanol–water partition coefficient (Wildman–Crippen LogP) is 2.94. The molecule has 3 nitrogen and oxygen atoms in total. The lowest BCUT2D eigenvalue weighted by Gasteiger charge is -2.26. The maximum Gasteiger partial charge on any atom is 0.347 e. The van der Waals surface area contributed by atoms with Gasteiger partial charge in [0.15, 0.2) is 0 Å². The lowest BCUT2D eigenvalue weighted by Crippen LogP contribution is -2.40. The van der Waals surface area contributed by atoms with Crippen molar-refractivity contribution in [3.63, 3.8) is 0 Å². The molecule has 1 aromatic carbocycles. The highest BCUT2D eigenvalue weighted by molar-refractivity contribution is 5.77. The zero-order chi connectivity index (χ0) is 12.3. The topological polar surface area (TPSA) is 46.5 Å². The summed E-state index contributed by atoms with van der Waals surface area (Å²) >= 11 is 0. The van der Waals surface area contributed by atoms with Gasteiger partial charge in [-0.1, -0.05) is 19.1 Å². The Bertz CT molecular complexity index is 398. The molecule has 1 unspecified atom stereocenters. The lowest BCUT2D eigenvalue weighted by molar-refractivity contribution is -0.154. The Kier molecular flexibility index (Phi) is 3.58. The van der Waals surface area contributed by atoms with Crippen LogP contribution in [0.25, 0.3) is 0 Å². The van der Waals surface area contributed by atoms with Crippen LogP contribution in [-0.4, -0.2) is 16.7 Å². The molecule has 0 bridgehead atoms. The average molecular weight is 222 g/mol. The first-order chi connectivity index (χ1) is 7.40. The van der Waals surface area contributed by atoms with Gasteiger partial charge in [0.25, 0.3) is 0 Å². The Labute approximate surface area is 96.1 Å². The second-order valence-corrected chi connectivity index (χ2v) is 4.19. The van der Waals surface area contributed by atoms with Gasteiger partial charge >= 0.3 is 5.97 Å². The molecule has 0 aliphatic carbocycles. The fraction of sp³-hybridized carbons (Fsp3) is 0.462. The molecule has 88 valence electrons. The Morgan fingerprint density at radius 3 is 2.56 bits per heavy atom. The molecule has 3 heteroatoms. The van der Waals surface area contributed by atoms with Crippen LogP contribution in [0.2, 0.25) is 0 Å². The zero-order valence-corrected chi connectivity index (χ0v) is 10.2. The van der Waals surface area contributed by atoms with E-state index < -0.39 is 11.6 Å². The van der Waals surface area contributed by atoms with E-state index in [4.69, 9.17) is 9.84 Å². The smallest absolute Gasteiger partial charge is 0.347 e. The number of carbonyl (C=O) groups is 1. The van der Waals surface area contributed by atoms with Gasteiger partial charge in [-0.15, -0.1) is 0 Å². The van der Waals surface area contributed by atoms with Gasteiger partial charge in [0.2, 0.25) is 5.60 Å². The third-order valence-electron chi connectivity index (χ3n) is 3.02. The summed E-state index contributed by atoms with van der Waals surface area (Å²) in [5.74, 6) is -0.289. The van der Waals surface area contributed by atoms with E-state index in [9.17, 15) is 4.79 Å². The number of aryl methyl sites for hydroxylation is 1. The molecular formula is C13H18O3. The summed E-state index contributed by atoms with van der Waals surface area (Å²) in [6.07, 6.45) is 0.426. The van der Waals surface area contributed by atoms with Crippen molar-refractivity contribution >= 4 is 5.97 Å². The molecule has 1 aromatic rings. The van der Waals surface area contributed by atoms with E-state index >= 15 is 0 Å². The van der Waals surface area contributed by atoms with Gasteiger partial charge in [-0.2, -0.15) is 0 Å². The Morgan fingerprint density at radius 1 is 1.44 bits per heavy atom. The van der Waals surface area contributed by atoms with E-state index in [1.165, 1.54) is 0 Å². The molecule has 0 radical (unpaired) electrons. The lowest BCUT2D eigenvalue weighted by atomic mass is 10.0. The molecule has 0 aliphatic heterocycles. The van der Waals surface area contributed by atoms with Crippen molar-refractivity contribution in [2.75, 3.05) is 0 Å². The fourth-order valence-electron chi connectivity index (χ4n) is 1.34. The molecule has 0 heterocycles. The molecule has 0 saturated heterocycles. The maximum absolute atomic E-state index is 11.1.